The molecule has 0 spiro atoms. The third kappa shape index (κ3) is 3.99. The Morgan fingerprint density at radius 2 is 1.89 bits per heavy atom. The molecule has 7 heteroatoms. The van der Waals surface area contributed by atoms with Crippen LogP contribution in [0.3, 0.4) is 0 Å². The van der Waals surface area contributed by atoms with Crippen molar-refractivity contribution in [1.82, 2.24) is 9.80 Å². The van der Waals surface area contributed by atoms with Gasteiger partial charge in [-0.3, -0.25) is 14.5 Å². The molecule has 0 saturated carbocycles. The molecule has 1 aliphatic heterocycles. The summed E-state index contributed by atoms with van der Waals surface area (Å²) < 4.78 is 19.5. The number of ether oxygens (including phenoxy) is 1. The van der Waals surface area contributed by atoms with Gasteiger partial charge in [0.25, 0.3) is 0 Å². The highest BCUT2D eigenvalue weighted by molar-refractivity contribution is 5.98. The van der Waals surface area contributed by atoms with Gasteiger partial charge in [-0.2, -0.15) is 0 Å². The standard InChI is InChI=1S/C21H24FN3O3/c1-23(2)20(17-9-4-5-10-18(17)22)21(27)24-11-12-25(19(26)14-24)15-7-6-8-16(13-15)28-3/h4-10,13,20H,11-12,14H2,1-3H3/t20-/m0/s1. The Morgan fingerprint density at radius 3 is 2.54 bits per heavy atom. The first-order chi connectivity index (χ1) is 13.4. The first-order valence-corrected chi connectivity index (χ1v) is 9.06. The summed E-state index contributed by atoms with van der Waals surface area (Å²) in [5, 5.41) is 0. The summed E-state index contributed by atoms with van der Waals surface area (Å²) in [5.41, 5.74) is 1.04. The highest BCUT2D eigenvalue weighted by Crippen LogP contribution is 2.26. The first-order valence-electron chi connectivity index (χ1n) is 9.06. The number of halogens is 1. The quantitative estimate of drug-likeness (QED) is 0.793. The van der Waals surface area contributed by atoms with Crippen LogP contribution in [-0.4, -0.2) is 62.5 Å². The van der Waals surface area contributed by atoms with Crippen molar-refractivity contribution in [2.24, 2.45) is 0 Å². The van der Waals surface area contributed by atoms with Crippen molar-refractivity contribution < 1.29 is 18.7 Å². The van der Waals surface area contributed by atoms with Gasteiger partial charge in [0, 0.05) is 30.4 Å². The van der Waals surface area contributed by atoms with E-state index in [1.54, 1.807) is 55.3 Å². The molecule has 0 radical (unpaired) electrons. The minimum atomic E-state index is -0.780. The zero-order valence-corrected chi connectivity index (χ0v) is 16.3. The zero-order valence-electron chi connectivity index (χ0n) is 16.3. The first kappa shape index (κ1) is 19.8. The molecule has 1 aliphatic rings. The molecular weight excluding hydrogens is 361 g/mol. The van der Waals surface area contributed by atoms with E-state index in [0.29, 0.717) is 24.4 Å². The molecule has 1 saturated heterocycles. The second-order valence-corrected chi connectivity index (χ2v) is 6.89. The lowest BCUT2D eigenvalue weighted by molar-refractivity contribution is -0.141. The van der Waals surface area contributed by atoms with Gasteiger partial charge in [-0.1, -0.05) is 24.3 Å². The maximum Gasteiger partial charge on any atom is 0.246 e. The van der Waals surface area contributed by atoms with Gasteiger partial charge in [0.15, 0.2) is 0 Å². The number of anilines is 1. The van der Waals surface area contributed by atoms with E-state index < -0.39 is 11.9 Å². The predicted octanol–water partition coefficient (Wildman–Crippen LogP) is 2.31. The summed E-state index contributed by atoms with van der Waals surface area (Å²) in [5.74, 6) is -0.237. The lowest BCUT2D eigenvalue weighted by atomic mass is 10.0. The largest absolute Gasteiger partial charge is 0.497 e. The maximum atomic E-state index is 14.3. The van der Waals surface area contributed by atoms with E-state index in [1.807, 2.05) is 18.2 Å². The van der Waals surface area contributed by atoms with Crippen LogP contribution >= 0.6 is 0 Å². The van der Waals surface area contributed by atoms with Gasteiger partial charge < -0.3 is 14.5 Å². The summed E-state index contributed by atoms with van der Waals surface area (Å²) in [6.45, 7) is 0.699. The van der Waals surface area contributed by atoms with Crippen molar-refractivity contribution in [1.29, 1.82) is 0 Å². The van der Waals surface area contributed by atoms with Crippen LogP contribution in [0.5, 0.6) is 5.75 Å². The maximum absolute atomic E-state index is 14.3. The predicted molar refractivity (Wildman–Crippen MR) is 105 cm³/mol. The Kier molecular flexibility index (Phi) is 5.94. The highest BCUT2D eigenvalue weighted by atomic mass is 19.1. The zero-order chi connectivity index (χ0) is 20.3. The van der Waals surface area contributed by atoms with Crippen LogP contribution in [0.4, 0.5) is 10.1 Å². The van der Waals surface area contributed by atoms with Crippen molar-refractivity contribution in [3.63, 3.8) is 0 Å². The normalized spacial score (nSPS) is 15.7. The average molecular weight is 385 g/mol. The summed E-state index contributed by atoms with van der Waals surface area (Å²) in [4.78, 5) is 30.6. The second kappa shape index (κ2) is 8.39. The summed E-state index contributed by atoms with van der Waals surface area (Å²) >= 11 is 0. The Labute approximate surface area is 164 Å². The van der Waals surface area contributed by atoms with E-state index in [4.69, 9.17) is 4.74 Å². The van der Waals surface area contributed by atoms with Gasteiger partial charge >= 0.3 is 0 Å². The van der Waals surface area contributed by atoms with Crippen LogP contribution in [0, 0.1) is 5.82 Å². The van der Waals surface area contributed by atoms with Crippen molar-refractivity contribution in [2.45, 2.75) is 6.04 Å². The number of carbonyl (C=O) groups is 2. The number of amides is 2. The molecule has 0 aliphatic carbocycles. The minimum absolute atomic E-state index is 0.0468. The van der Waals surface area contributed by atoms with E-state index in [1.165, 1.54) is 11.0 Å². The molecule has 2 amide bonds. The van der Waals surface area contributed by atoms with Gasteiger partial charge in [-0.25, -0.2) is 4.39 Å². The topological polar surface area (TPSA) is 53.1 Å². The second-order valence-electron chi connectivity index (χ2n) is 6.89. The number of nitrogens with zero attached hydrogens (tertiary/aromatic N) is 3. The van der Waals surface area contributed by atoms with E-state index >= 15 is 0 Å². The molecule has 2 aromatic rings. The van der Waals surface area contributed by atoms with Crippen LogP contribution in [0.1, 0.15) is 11.6 Å². The Balaban J connectivity index is 1.77. The molecule has 0 N–H and O–H groups in total. The molecule has 6 nitrogen and oxygen atoms in total. The molecule has 0 bridgehead atoms. The van der Waals surface area contributed by atoms with Crippen LogP contribution in [-0.2, 0) is 9.59 Å². The Hall–Kier alpha value is -2.93. The Morgan fingerprint density at radius 1 is 1.14 bits per heavy atom. The van der Waals surface area contributed by atoms with Crippen LogP contribution in [0.25, 0.3) is 0 Å². The lowest BCUT2D eigenvalue weighted by Crippen LogP contribution is -2.54. The number of rotatable bonds is 5. The van der Waals surface area contributed by atoms with E-state index in [9.17, 15) is 14.0 Å². The summed E-state index contributed by atoms with van der Waals surface area (Å²) in [6.07, 6.45) is 0. The monoisotopic (exact) mass is 385 g/mol. The van der Waals surface area contributed by atoms with Crippen molar-refractivity contribution in [2.75, 3.05) is 45.7 Å². The van der Waals surface area contributed by atoms with Gasteiger partial charge in [-0.15, -0.1) is 0 Å². The molecule has 1 fully saturated rings. The Bertz CT molecular complexity index is 871. The number of piperazine rings is 1. The van der Waals surface area contributed by atoms with Crippen molar-refractivity contribution in [3.05, 3.63) is 59.9 Å². The highest BCUT2D eigenvalue weighted by Gasteiger charge is 2.34. The number of methoxy groups -OCH3 is 1. The minimum Gasteiger partial charge on any atom is -0.497 e. The van der Waals surface area contributed by atoms with Crippen LogP contribution < -0.4 is 9.64 Å². The van der Waals surface area contributed by atoms with E-state index in [0.717, 1.165) is 5.69 Å². The molecular formula is C21H24FN3O3. The molecule has 0 aromatic heterocycles. The van der Waals surface area contributed by atoms with Crippen LogP contribution in [0.2, 0.25) is 0 Å². The third-order valence-electron chi connectivity index (χ3n) is 4.85. The average Bonchev–Trinajstić information content (AvgIpc) is 2.69. The third-order valence-corrected chi connectivity index (χ3v) is 4.85. The molecule has 3 rings (SSSR count). The van der Waals surface area contributed by atoms with E-state index in [-0.39, 0.29) is 18.4 Å². The van der Waals surface area contributed by atoms with Gasteiger partial charge in [0.2, 0.25) is 11.8 Å². The lowest BCUT2D eigenvalue weighted by Gasteiger charge is -2.37. The number of hydrogen-bond acceptors (Lipinski definition) is 4. The fourth-order valence-electron chi connectivity index (χ4n) is 3.41. The number of benzene rings is 2. The summed E-state index contributed by atoms with van der Waals surface area (Å²) in [6, 6.07) is 12.7. The van der Waals surface area contributed by atoms with Crippen LogP contribution in [0.15, 0.2) is 48.5 Å². The van der Waals surface area contributed by atoms with Crippen molar-refractivity contribution >= 4 is 17.5 Å². The number of likely N-dealkylation sites (N-methyl/N-ethyl adjacent to an activating group) is 1. The molecule has 0 unspecified atom stereocenters. The fraction of sp³-hybridized carbons (Fsp3) is 0.333. The smallest absolute Gasteiger partial charge is 0.246 e. The fourth-order valence-corrected chi connectivity index (χ4v) is 3.41. The van der Waals surface area contributed by atoms with Gasteiger partial charge in [-0.05, 0) is 32.3 Å². The summed E-state index contributed by atoms with van der Waals surface area (Å²) in [7, 11) is 5.02. The molecule has 1 atom stereocenters. The van der Waals surface area contributed by atoms with Gasteiger partial charge in [0.05, 0.1) is 7.11 Å². The SMILES string of the molecule is COc1cccc(N2CCN(C(=O)[C@H](c3ccccc3F)N(C)C)CC2=O)c1. The molecule has 2 aromatic carbocycles. The number of carbonyl (C=O) groups excluding carboxylic acids is 2. The van der Waals surface area contributed by atoms with Crippen molar-refractivity contribution in [3.8, 4) is 5.75 Å². The van der Waals surface area contributed by atoms with Gasteiger partial charge in [0.1, 0.15) is 24.2 Å². The molecule has 148 valence electrons. The number of hydrogen-bond donors (Lipinski definition) is 0. The molecule has 1 heterocycles. The van der Waals surface area contributed by atoms with E-state index in [2.05, 4.69) is 0 Å². The molecule has 28 heavy (non-hydrogen) atoms.